The molecule has 4 heterocycles. The third-order valence-electron chi connectivity index (χ3n) is 7.55. The molecule has 2 aliphatic rings. The SMILES string of the molecule is COC[C@H](C)Nc1ncc2c(-c3cnn([C@@H]4CCN(C(=O)OC(C)(C)C)C4)c3)cc([C@H]3CC[C@H](O)CC3)n2n1. The summed E-state index contributed by atoms with van der Waals surface area (Å²) >= 11 is 0. The fourth-order valence-corrected chi connectivity index (χ4v) is 5.61. The van der Waals surface area contributed by atoms with Gasteiger partial charge in [0.05, 0.1) is 36.7 Å². The van der Waals surface area contributed by atoms with Crippen molar-refractivity contribution in [2.24, 2.45) is 0 Å². The quantitative estimate of drug-likeness (QED) is 0.458. The molecule has 2 N–H and O–H groups in total. The minimum atomic E-state index is -0.516. The second-order valence-corrected chi connectivity index (χ2v) is 11.9. The fraction of sp³-hybridized carbons (Fsp3) is 0.643. The molecule has 0 spiro atoms. The van der Waals surface area contributed by atoms with Gasteiger partial charge in [0.1, 0.15) is 5.60 Å². The number of anilines is 1. The summed E-state index contributed by atoms with van der Waals surface area (Å²) in [5, 5.41) is 23.0. The van der Waals surface area contributed by atoms with Crippen LogP contribution in [0.2, 0.25) is 0 Å². The zero-order valence-corrected chi connectivity index (χ0v) is 23.6. The van der Waals surface area contributed by atoms with Gasteiger partial charge in [-0.1, -0.05) is 0 Å². The van der Waals surface area contributed by atoms with Gasteiger partial charge in [0.2, 0.25) is 5.95 Å². The third-order valence-corrected chi connectivity index (χ3v) is 7.55. The molecular formula is C28H41N7O4. The topological polar surface area (TPSA) is 119 Å². The molecule has 0 radical (unpaired) electrons. The summed E-state index contributed by atoms with van der Waals surface area (Å²) in [5.41, 5.74) is 3.55. The van der Waals surface area contributed by atoms with Crippen LogP contribution in [0.25, 0.3) is 16.6 Å². The van der Waals surface area contributed by atoms with Gasteiger partial charge in [0.25, 0.3) is 0 Å². The van der Waals surface area contributed by atoms with Crippen LogP contribution < -0.4 is 5.32 Å². The van der Waals surface area contributed by atoms with E-state index in [0.717, 1.165) is 54.4 Å². The van der Waals surface area contributed by atoms with Crippen LogP contribution in [-0.4, -0.2) is 85.0 Å². The predicted molar refractivity (Wildman–Crippen MR) is 148 cm³/mol. The van der Waals surface area contributed by atoms with E-state index in [1.165, 1.54) is 0 Å². The lowest BCUT2D eigenvalue weighted by Gasteiger charge is -2.25. The van der Waals surface area contributed by atoms with Crippen molar-refractivity contribution in [1.29, 1.82) is 0 Å². The lowest BCUT2D eigenvalue weighted by Crippen LogP contribution is -2.35. The highest BCUT2D eigenvalue weighted by Gasteiger charge is 2.32. The van der Waals surface area contributed by atoms with Gasteiger partial charge in [0.15, 0.2) is 0 Å². The number of nitrogens with one attached hydrogen (secondary N) is 1. The Morgan fingerprint density at radius 2 is 1.97 bits per heavy atom. The number of fused-ring (bicyclic) bond motifs is 1. The van der Waals surface area contributed by atoms with Crippen LogP contribution in [0.15, 0.2) is 24.7 Å². The first kappa shape index (κ1) is 27.4. The number of carbonyl (C=O) groups is 1. The van der Waals surface area contributed by atoms with E-state index >= 15 is 0 Å². The minimum Gasteiger partial charge on any atom is -0.444 e. The van der Waals surface area contributed by atoms with Crippen LogP contribution in [0.3, 0.4) is 0 Å². The smallest absolute Gasteiger partial charge is 0.410 e. The minimum absolute atomic E-state index is 0.0700. The Balaban J connectivity index is 1.41. The summed E-state index contributed by atoms with van der Waals surface area (Å²) in [6, 6.07) is 2.37. The zero-order chi connectivity index (χ0) is 27.7. The second kappa shape index (κ2) is 11.1. The van der Waals surface area contributed by atoms with Crippen LogP contribution in [0.1, 0.15) is 77.5 Å². The van der Waals surface area contributed by atoms with Crippen LogP contribution in [0.5, 0.6) is 0 Å². The third kappa shape index (κ3) is 6.19. The molecule has 3 aromatic rings. The Bertz CT molecular complexity index is 1290. The Labute approximate surface area is 229 Å². The zero-order valence-electron chi connectivity index (χ0n) is 23.6. The number of aromatic nitrogens is 5. The van der Waals surface area contributed by atoms with Gasteiger partial charge in [-0.2, -0.15) is 5.10 Å². The molecule has 1 aliphatic heterocycles. The second-order valence-electron chi connectivity index (χ2n) is 11.9. The van der Waals surface area contributed by atoms with E-state index in [0.29, 0.717) is 31.6 Å². The van der Waals surface area contributed by atoms with E-state index in [4.69, 9.17) is 14.6 Å². The average molecular weight is 540 g/mol. The van der Waals surface area contributed by atoms with Gasteiger partial charge in [-0.25, -0.2) is 14.3 Å². The number of amides is 1. The number of rotatable bonds is 7. The molecular weight excluding hydrogens is 498 g/mol. The maximum Gasteiger partial charge on any atom is 0.410 e. The van der Waals surface area contributed by atoms with Crippen molar-refractivity contribution >= 4 is 17.6 Å². The molecule has 1 saturated carbocycles. The maximum absolute atomic E-state index is 12.5. The van der Waals surface area contributed by atoms with Crippen molar-refractivity contribution in [3.8, 4) is 11.1 Å². The molecule has 0 bridgehead atoms. The highest BCUT2D eigenvalue weighted by Crippen LogP contribution is 2.38. The number of likely N-dealkylation sites (tertiary alicyclic amines) is 1. The number of hydrogen-bond acceptors (Lipinski definition) is 8. The first-order valence-corrected chi connectivity index (χ1v) is 14.0. The molecule has 1 saturated heterocycles. The Morgan fingerprint density at radius 1 is 1.21 bits per heavy atom. The summed E-state index contributed by atoms with van der Waals surface area (Å²) < 4.78 is 14.8. The molecule has 3 aromatic heterocycles. The molecule has 0 unspecified atom stereocenters. The summed E-state index contributed by atoms with van der Waals surface area (Å²) in [7, 11) is 1.68. The largest absolute Gasteiger partial charge is 0.444 e. The van der Waals surface area contributed by atoms with Gasteiger partial charge in [-0.3, -0.25) is 4.68 Å². The monoisotopic (exact) mass is 539 g/mol. The molecule has 1 aliphatic carbocycles. The summed E-state index contributed by atoms with van der Waals surface area (Å²) in [6.07, 6.45) is 9.55. The molecule has 11 nitrogen and oxygen atoms in total. The molecule has 39 heavy (non-hydrogen) atoms. The van der Waals surface area contributed by atoms with Crippen molar-refractivity contribution < 1.29 is 19.4 Å². The van der Waals surface area contributed by atoms with Crippen molar-refractivity contribution in [2.75, 3.05) is 32.1 Å². The Kier molecular flexibility index (Phi) is 7.82. The molecule has 0 aromatic carbocycles. The van der Waals surface area contributed by atoms with Gasteiger partial charge in [-0.05, 0) is 65.9 Å². The Hall–Kier alpha value is -3.18. The number of ether oxygens (including phenoxy) is 2. The van der Waals surface area contributed by atoms with E-state index in [1.807, 2.05) is 49.3 Å². The lowest BCUT2D eigenvalue weighted by atomic mass is 9.85. The van der Waals surface area contributed by atoms with E-state index in [-0.39, 0.29) is 24.3 Å². The summed E-state index contributed by atoms with van der Waals surface area (Å²) in [6.45, 7) is 9.44. The summed E-state index contributed by atoms with van der Waals surface area (Å²) in [4.78, 5) is 18.9. The van der Waals surface area contributed by atoms with E-state index in [2.05, 4.69) is 27.7 Å². The number of carbonyl (C=O) groups excluding carboxylic acids is 1. The van der Waals surface area contributed by atoms with E-state index in [1.54, 1.807) is 12.0 Å². The number of aliphatic hydroxyl groups is 1. The normalized spacial score (nSPS) is 22.8. The van der Waals surface area contributed by atoms with E-state index in [9.17, 15) is 9.90 Å². The number of aliphatic hydroxyl groups excluding tert-OH is 1. The molecule has 1 amide bonds. The van der Waals surface area contributed by atoms with Crippen LogP contribution in [0, 0.1) is 0 Å². The lowest BCUT2D eigenvalue weighted by molar-refractivity contribution is 0.0288. The van der Waals surface area contributed by atoms with Crippen LogP contribution in [0.4, 0.5) is 10.7 Å². The number of nitrogens with zero attached hydrogens (tertiary/aromatic N) is 6. The van der Waals surface area contributed by atoms with Crippen molar-refractivity contribution in [3.63, 3.8) is 0 Å². The first-order valence-electron chi connectivity index (χ1n) is 14.0. The van der Waals surface area contributed by atoms with Gasteiger partial charge in [0, 0.05) is 55.2 Å². The number of methoxy groups -OCH3 is 1. The van der Waals surface area contributed by atoms with Crippen LogP contribution >= 0.6 is 0 Å². The summed E-state index contributed by atoms with van der Waals surface area (Å²) in [5.74, 6) is 0.858. The first-order chi connectivity index (χ1) is 18.6. The average Bonchev–Trinajstić information content (AvgIpc) is 3.62. The van der Waals surface area contributed by atoms with Crippen molar-refractivity contribution in [1.82, 2.24) is 29.3 Å². The molecule has 212 valence electrons. The predicted octanol–water partition coefficient (Wildman–Crippen LogP) is 4.24. The molecule has 11 heteroatoms. The van der Waals surface area contributed by atoms with Gasteiger partial charge < -0.3 is 24.8 Å². The molecule has 5 rings (SSSR count). The van der Waals surface area contributed by atoms with Gasteiger partial charge in [-0.15, -0.1) is 5.10 Å². The molecule has 2 atom stereocenters. The highest BCUT2D eigenvalue weighted by molar-refractivity contribution is 5.81. The van der Waals surface area contributed by atoms with E-state index < -0.39 is 5.60 Å². The highest BCUT2D eigenvalue weighted by atomic mass is 16.6. The maximum atomic E-state index is 12.5. The fourth-order valence-electron chi connectivity index (χ4n) is 5.61. The standard InChI is InChI=1S/C28H41N7O4/c1-18(17-38-5)31-26-29-14-25-23(12-24(35(25)32-26)19-6-8-22(36)9-7-19)20-13-30-34(15-20)21-10-11-33(16-21)27(37)39-28(2,3)4/h12-15,18-19,21-22,36H,6-11,16-17H2,1-5H3,(H,31,32)/t18-,19-,21+,22-/m0/s1. The van der Waals surface area contributed by atoms with Crippen molar-refractivity contribution in [2.45, 2.75) is 89.5 Å². The van der Waals surface area contributed by atoms with Gasteiger partial charge >= 0.3 is 6.09 Å². The van der Waals surface area contributed by atoms with Crippen LogP contribution in [-0.2, 0) is 9.47 Å². The molecule has 2 fully saturated rings. The van der Waals surface area contributed by atoms with Crippen molar-refractivity contribution in [3.05, 3.63) is 30.4 Å². The number of hydrogen-bond donors (Lipinski definition) is 2. The Morgan fingerprint density at radius 3 is 2.69 bits per heavy atom.